The molecule has 1 atom stereocenters. The highest BCUT2D eigenvalue weighted by molar-refractivity contribution is 6.04. The number of aromatic nitrogens is 4. The molecule has 4 rings (SSSR count). The maximum atomic E-state index is 13.5. The first-order valence-corrected chi connectivity index (χ1v) is 10.1. The number of halogens is 4. The summed E-state index contributed by atoms with van der Waals surface area (Å²) in [5, 5.41) is 14.0. The maximum Gasteiger partial charge on any atom is 0.419 e. The van der Waals surface area contributed by atoms with Gasteiger partial charge in [-0.2, -0.15) is 13.2 Å². The number of amides is 1. The first-order chi connectivity index (χ1) is 15.5. The molecule has 12 heteroatoms. The molecule has 2 aromatic heterocycles. The zero-order valence-electron chi connectivity index (χ0n) is 18.0. The number of carbonyl (C=O) groups is 1. The van der Waals surface area contributed by atoms with Gasteiger partial charge in [-0.25, -0.2) is 14.1 Å². The molecule has 2 N–H and O–H groups in total. The van der Waals surface area contributed by atoms with Crippen LogP contribution in [-0.2, 0) is 24.1 Å². The monoisotopic (exact) mass is 463 g/mol. The van der Waals surface area contributed by atoms with Gasteiger partial charge in [0, 0.05) is 13.1 Å². The fourth-order valence-electron chi connectivity index (χ4n) is 3.54. The van der Waals surface area contributed by atoms with Crippen molar-refractivity contribution in [3.63, 3.8) is 0 Å². The lowest BCUT2D eigenvalue weighted by Gasteiger charge is -2.34. The molecule has 0 bridgehead atoms. The Morgan fingerprint density at radius 1 is 1.24 bits per heavy atom. The molecule has 8 nitrogen and oxygen atoms in total. The number of alkyl halides is 3. The van der Waals surface area contributed by atoms with Crippen LogP contribution in [0.3, 0.4) is 0 Å². The number of nitrogens with one attached hydrogen (secondary N) is 2. The molecule has 0 aliphatic carbocycles. The molecule has 0 saturated carbocycles. The zero-order valence-corrected chi connectivity index (χ0v) is 18.0. The summed E-state index contributed by atoms with van der Waals surface area (Å²) >= 11 is 0. The number of benzene rings is 1. The van der Waals surface area contributed by atoms with Crippen LogP contribution in [-0.4, -0.2) is 39.0 Å². The number of rotatable bonds is 5. The van der Waals surface area contributed by atoms with Crippen molar-refractivity contribution in [1.82, 2.24) is 20.0 Å². The Morgan fingerprint density at radius 2 is 2.00 bits per heavy atom. The molecule has 1 amide bonds. The lowest BCUT2D eigenvalue weighted by Crippen LogP contribution is -2.44. The van der Waals surface area contributed by atoms with E-state index < -0.39 is 17.6 Å². The average Bonchev–Trinajstić information content (AvgIpc) is 3.19. The zero-order chi connectivity index (χ0) is 23.9. The van der Waals surface area contributed by atoms with Crippen LogP contribution in [0.5, 0.6) is 0 Å². The van der Waals surface area contributed by atoms with Crippen LogP contribution in [0.1, 0.15) is 29.4 Å². The van der Waals surface area contributed by atoms with E-state index in [0.717, 1.165) is 17.8 Å². The average molecular weight is 463 g/mol. The molecule has 3 heterocycles. The summed E-state index contributed by atoms with van der Waals surface area (Å²) in [5.41, 5.74) is 1.63. The fraction of sp³-hybridized carbons (Fsp3) is 0.333. The van der Waals surface area contributed by atoms with Crippen molar-refractivity contribution < 1.29 is 22.4 Å². The second-order valence-electron chi connectivity index (χ2n) is 7.84. The van der Waals surface area contributed by atoms with Crippen LogP contribution in [0.15, 0.2) is 30.5 Å². The third-order valence-corrected chi connectivity index (χ3v) is 5.49. The van der Waals surface area contributed by atoms with Crippen molar-refractivity contribution in [3.8, 4) is 0 Å². The molecule has 174 valence electrons. The van der Waals surface area contributed by atoms with Gasteiger partial charge in [-0.05, 0) is 31.5 Å². The number of aryl methyl sites for hydroxylation is 1. The minimum absolute atomic E-state index is 0.00887. The summed E-state index contributed by atoms with van der Waals surface area (Å²) in [5.74, 6) is -0.845. The van der Waals surface area contributed by atoms with Crippen molar-refractivity contribution in [2.24, 2.45) is 0 Å². The van der Waals surface area contributed by atoms with Crippen LogP contribution < -0.4 is 15.5 Å². The van der Waals surface area contributed by atoms with E-state index in [2.05, 4.69) is 25.9 Å². The van der Waals surface area contributed by atoms with Crippen LogP contribution in [0.25, 0.3) is 0 Å². The smallest absolute Gasteiger partial charge is 0.364 e. The summed E-state index contributed by atoms with van der Waals surface area (Å²) in [6.07, 6.45) is -3.18. The van der Waals surface area contributed by atoms with E-state index in [1.54, 1.807) is 20.0 Å². The van der Waals surface area contributed by atoms with Gasteiger partial charge < -0.3 is 15.5 Å². The second kappa shape index (κ2) is 8.34. The highest BCUT2D eigenvalue weighted by atomic mass is 19.4. The van der Waals surface area contributed by atoms with E-state index in [9.17, 15) is 22.4 Å². The van der Waals surface area contributed by atoms with Crippen molar-refractivity contribution in [1.29, 1.82) is 0 Å². The van der Waals surface area contributed by atoms with Gasteiger partial charge in [-0.3, -0.25) is 4.79 Å². The first kappa shape index (κ1) is 22.5. The minimum Gasteiger partial charge on any atom is -0.364 e. The molecule has 0 unspecified atom stereocenters. The Balaban J connectivity index is 1.45. The summed E-state index contributed by atoms with van der Waals surface area (Å²) in [6, 6.07) is 4.34. The molecule has 33 heavy (non-hydrogen) atoms. The number of hydrogen-bond acceptors (Lipinski definition) is 6. The van der Waals surface area contributed by atoms with Crippen LogP contribution in [0, 0.1) is 12.7 Å². The third kappa shape index (κ3) is 4.59. The second-order valence-corrected chi connectivity index (χ2v) is 7.84. The Morgan fingerprint density at radius 3 is 2.73 bits per heavy atom. The lowest BCUT2D eigenvalue weighted by atomic mass is 10.1. The Bertz CT molecular complexity index is 1210. The van der Waals surface area contributed by atoms with E-state index >= 15 is 0 Å². The molecule has 1 aliphatic rings. The molecule has 0 saturated heterocycles. The van der Waals surface area contributed by atoms with Crippen molar-refractivity contribution in [3.05, 3.63) is 58.8 Å². The van der Waals surface area contributed by atoms with E-state index in [-0.39, 0.29) is 30.6 Å². The number of likely N-dealkylation sites (N-methyl/N-ethyl adjacent to an activating group) is 1. The van der Waals surface area contributed by atoms with Gasteiger partial charge in [0.15, 0.2) is 0 Å². The normalized spacial score (nSPS) is 15.9. The van der Waals surface area contributed by atoms with Gasteiger partial charge in [0.1, 0.15) is 23.4 Å². The Hall–Kier alpha value is -3.70. The molecular weight excluding hydrogens is 442 g/mol. The molecule has 1 aromatic carbocycles. The third-order valence-electron chi connectivity index (χ3n) is 5.49. The van der Waals surface area contributed by atoms with Crippen molar-refractivity contribution in [2.75, 3.05) is 22.6 Å². The highest BCUT2D eigenvalue weighted by Gasteiger charge is 2.34. The molecule has 3 aromatic rings. The van der Waals surface area contributed by atoms with Gasteiger partial charge in [0.25, 0.3) is 0 Å². The van der Waals surface area contributed by atoms with Crippen molar-refractivity contribution >= 4 is 23.1 Å². The predicted octanol–water partition coefficient (Wildman–Crippen LogP) is 3.58. The van der Waals surface area contributed by atoms with Crippen LogP contribution in [0.4, 0.5) is 34.8 Å². The summed E-state index contributed by atoms with van der Waals surface area (Å²) in [6.45, 7) is 3.88. The molecule has 0 fully saturated rings. The number of pyridine rings is 1. The summed E-state index contributed by atoms with van der Waals surface area (Å²) in [7, 11) is 1.83. The van der Waals surface area contributed by atoms with Crippen LogP contribution in [0.2, 0.25) is 0 Å². The van der Waals surface area contributed by atoms with E-state index in [1.807, 2.05) is 18.0 Å². The lowest BCUT2D eigenvalue weighted by molar-refractivity contribution is -0.140. The standard InChI is InChI=1S/C21H21F4N7O/c1-11-19-17(31(3)12(2)20(33)28-19)7-18(27-11)26-8-14-10-32(30-29-14)9-13-4-5-16(22)15(6-13)21(23,24)25/h4-7,10,12H,8-9H2,1-3H3,(H,26,27)(H,28,33)/t12-/m0/s1. The summed E-state index contributed by atoms with van der Waals surface area (Å²) in [4.78, 5) is 18.4. The Kier molecular flexibility index (Phi) is 5.68. The van der Waals surface area contributed by atoms with Gasteiger partial charge in [0.05, 0.1) is 41.9 Å². The number of anilines is 3. The minimum atomic E-state index is -4.77. The van der Waals surface area contributed by atoms with Crippen LogP contribution >= 0.6 is 0 Å². The van der Waals surface area contributed by atoms with Gasteiger partial charge in [-0.15, -0.1) is 5.10 Å². The maximum absolute atomic E-state index is 13.5. The predicted molar refractivity (Wildman–Crippen MR) is 113 cm³/mol. The number of fused-ring (bicyclic) bond motifs is 1. The molecular formula is C21H21F4N7O. The Labute approximate surface area is 186 Å². The quantitative estimate of drug-likeness (QED) is 0.563. The largest absolute Gasteiger partial charge is 0.419 e. The van der Waals surface area contributed by atoms with Gasteiger partial charge >= 0.3 is 6.18 Å². The van der Waals surface area contributed by atoms with Gasteiger partial charge in [0.2, 0.25) is 5.91 Å². The number of carbonyl (C=O) groups excluding carboxylic acids is 1. The molecule has 0 radical (unpaired) electrons. The number of nitrogens with zero attached hydrogens (tertiary/aromatic N) is 5. The van der Waals surface area contributed by atoms with E-state index in [1.165, 1.54) is 10.7 Å². The fourth-order valence-corrected chi connectivity index (χ4v) is 3.54. The highest BCUT2D eigenvalue weighted by Crippen LogP contribution is 2.35. The van der Waals surface area contributed by atoms with Gasteiger partial charge in [-0.1, -0.05) is 11.3 Å². The van der Waals surface area contributed by atoms with E-state index in [0.29, 0.717) is 22.9 Å². The van der Waals surface area contributed by atoms with E-state index in [4.69, 9.17) is 0 Å². The summed E-state index contributed by atoms with van der Waals surface area (Å²) < 4.78 is 53.6. The molecule has 1 aliphatic heterocycles. The first-order valence-electron chi connectivity index (χ1n) is 10.1. The SMILES string of the molecule is Cc1nc(NCc2cn(Cc3ccc(F)c(C(F)(F)F)c3)nn2)cc2c1NC(=O)[C@H](C)N2C. The number of hydrogen-bond donors (Lipinski definition) is 2. The topological polar surface area (TPSA) is 88.0 Å². The molecule has 0 spiro atoms. The van der Waals surface area contributed by atoms with Crippen molar-refractivity contribution in [2.45, 2.75) is 39.2 Å².